The van der Waals surface area contributed by atoms with Gasteiger partial charge in [-0.3, -0.25) is 4.68 Å². The van der Waals surface area contributed by atoms with E-state index < -0.39 is 6.29 Å². The van der Waals surface area contributed by atoms with Crippen LogP contribution in [0.4, 0.5) is 0 Å². The second kappa shape index (κ2) is 3.84. The van der Waals surface area contributed by atoms with Crippen LogP contribution < -0.4 is 0 Å². The van der Waals surface area contributed by atoms with Crippen molar-refractivity contribution in [2.24, 2.45) is 7.05 Å². The summed E-state index contributed by atoms with van der Waals surface area (Å²) in [5, 5.41) is 22.4. The fourth-order valence-corrected chi connectivity index (χ4v) is 1.59. The highest BCUT2D eigenvalue weighted by atomic mass is 16.5. The molecule has 0 saturated carbocycles. The molecule has 4 heteroatoms. The topological polar surface area (TPSA) is 58.3 Å². The van der Waals surface area contributed by atoms with Gasteiger partial charge >= 0.3 is 0 Å². The maximum Gasteiger partial charge on any atom is 0.182 e. The minimum atomic E-state index is -1.49. The lowest BCUT2D eigenvalue weighted by atomic mass is 10.1. The van der Waals surface area contributed by atoms with E-state index in [0.29, 0.717) is 5.56 Å². The van der Waals surface area contributed by atoms with Crippen LogP contribution in [0.2, 0.25) is 0 Å². The van der Waals surface area contributed by atoms with E-state index in [-0.39, 0.29) is 0 Å². The standard InChI is InChI=1S/C11H12N2O2/c1-13-10(8-5-3-2-4-6-8)9(7-12-13)11(14)15/h2-7,11,14-15H,1H3. The number of aliphatic hydroxyl groups is 2. The van der Waals surface area contributed by atoms with Gasteiger partial charge in [0, 0.05) is 12.6 Å². The maximum atomic E-state index is 9.18. The molecule has 0 atom stereocenters. The molecule has 15 heavy (non-hydrogen) atoms. The molecule has 0 aliphatic rings. The molecule has 1 aromatic carbocycles. The lowest BCUT2D eigenvalue weighted by molar-refractivity contribution is -0.0420. The zero-order valence-corrected chi connectivity index (χ0v) is 8.33. The Kier molecular flexibility index (Phi) is 2.53. The minimum absolute atomic E-state index is 0.420. The molecule has 2 rings (SSSR count). The Balaban J connectivity index is 2.57. The van der Waals surface area contributed by atoms with Gasteiger partial charge in [-0.2, -0.15) is 5.10 Å². The van der Waals surface area contributed by atoms with Gasteiger partial charge in [-0.1, -0.05) is 30.3 Å². The molecule has 0 amide bonds. The van der Waals surface area contributed by atoms with Gasteiger partial charge in [-0.05, 0) is 0 Å². The molecule has 2 aromatic rings. The quantitative estimate of drug-likeness (QED) is 0.719. The second-order valence-corrected chi connectivity index (χ2v) is 3.31. The Bertz CT molecular complexity index is 449. The van der Waals surface area contributed by atoms with Crippen LogP contribution in [0.1, 0.15) is 11.9 Å². The van der Waals surface area contributed by atoms with Crippen LogP contribution in [0.15, 0.2) is 36.5 Å². The summed E-state index contributed by atoms with van der Waals surface area (Å²) < 4.78 is 1.63. The summed E-state index contributed by atoms with van der Waals surface area (Å²) in [7, 11) is 1.77. The normalized spacial score (nSPS) is 10.9. The summed E-state index contributed by atoms with van der Waals surface area (Å²) in [5.74, 6) is 0. The van der Waals surface area contributed by atoms with E-state index in [0.717, 1.165) is 11.3 Å². The van der Waals surface area contributed by atoms with E-state index in [1.54, 1.807) is 11.7 Å². The summed E-state index contributed by atoms with van der Waals surface area (Å²) >= 11 is 0. The largest absolute Gasteiger partial charge is 0.364 e. The van der Waals surface area contributed by atoms with Crippen LogP contribution in [0.25, 0.3) is 11.3 Å². The fourth-order valence-electron chi connectivity index (χ4n) is 1.59. The predicted octanol–water partition coefficient (Wildman–Crippen LogP) is 1.07. The number of aliphatic hydroxyl groups excluding tert-OH is 1. The molecule has 0 radical (unpaired) electrons. The second-order valence-electron chi connectivity index (χ2n) is 3.31. The van der Waals surface area contributed by atoms with E-state index in [1.807, 2.05) is 30.3 Å². The van der Waals surface area contributed by atoms with E-state index in [2.05, 4.69) is 5.10 Å². The van der Waals surface area contributed by atoms with Crippen LogP contribution >= 0.6 is 0 Å². The van der Waals surface area contributed by atoms with Crippen molar-refractivity contribution in [1.82, 2.24) is 9.78 Å². The molecule has 0 aliphatic carbocycles. The number of aromatic nitrogens is 2. The highest BCUT2D eigenvalue weighted by Crippen LogP contribution is 2.26. The van der Waals surface area contributed by atoms with Crippen LogP contribution in [0, 0.1) is 0 Å². The molecule has 78 valence electrons. The molecule has 0 aliphatic heterocycles. The number of benzene rings is 1. The van der Waals surface area contributed by atoms with Crippen LogP contribution in [0.5, 0.6) is 0 Å². The lowest BCUT2D eigenvalue weighted by Crippen LogP contribution is -1.99. The van der Waals surface area contributed by atoms with Crippen molar-refractivity contribution in [3.05, 3.63) is 42.1 Å². The first-order valence-corrected chi connectivity index (χ1v) is 4.63. The zero-order chi connectivity index (χ0) is 10.8. The van der Waals surface area contributed by atoms with Crippen LogP contribution in [-0.4, -0.2) is 20.0 Å². The summed E-state index contributed by atoms with van der Waals surface area (Å²) in [4.78, 5) is 0. The third-order valence-corrected chi connectivity index (χ3v) is 2.29. The molecule has 0 bridgehead atoms. The SMILES string of the molecule is Cn1ncc(C(O)O)c1-c1ccccc1. The van der Waals surface area contributed by atoms with Crippen LogP contribution in [-0.2, 0) is 7.05 Å². The molecule has 1 aromatic heterocycles. The number of aryl methyl sites for hydroxylation is 1. The fraction of sp³-hybridized carbons (Fsp3) is 0.182. The number of hydrogen-bond donors (Lipinski definition) is 2. The van der Waals surface area contributed by atoms with Crippen molar-refractivity contribution >= 4 is 0 Å². The van der Waals surface area contributed by atoms with Gasteiger partial charge in [-0.15, -0.1) is 0 Å². The first kappa shape index (κ1) is 9.89. The molecule has 0 unspecified atom stereocenters. The Morgan fingerprint density at radius 3 is 2.47 bits per heavy atom. The van der Waals surface area contributed by atoms with Gasteiger partial charge in [0.1, 0.15) is 0 Å². The first-order valence-electron chi connectivity index (χ1n) is 4.63. The number of hydrogen-bond acceptors (Lipinski definition) is 3. The summed E-state index contributed by atoms with van der Waals surface area (Å²) in [5.41, 5.74) is 2.06. The molecular weight excluding hydrogens is 192 g/mol. The lowest BCUT2D eigenvalue weighted by Gasteiger charge is -2.07. The minimum Gasteiger partial charge on any atom is -0.364 e. The van der Waals surface area contributed by atoms with Gasteiger partial charge < -0.3 is 10.2 Å². The van der Waals surface area contributed by atoms with Crippen molar-refractivity contribution in [2.75, 3.05) is 0 Å². The van der Waals surface area contributed by atoms with Gasteiger partial charge in [0.25, 0.3) is 0 Å². The van der Waals surface area contributed by atoms with Crippen molar-refractivity contribution in [1.29, 1.82) is 0 Å². The van der Waals surface area contributed by atoms with E-state index in [9.17, 15) is 10.2 Å². The Morgan fingerprint density at radius 2 is 1.87 bits per heavy atom. The van der Waals surface area contributed by atoms with E-state index in [1.165, 1.54) is 6.20 Å². The molecule has 0 fully saturated rings. The third kappa shape index (κ3) is 1.77. The van der Waals surface area contributed by atoms with Crippen molar-refractivity contribution in [2.45, 2.75) is 6.29 Å². The van der Waals surface area contributed by atoms with Crippen molar-refractivity contribution in [3.63, 3.8) is 0 Å². The van der Waals surface area contributed by atoms with Crippen molar-refractivity contribution in [3.8, 4) is 11.3 Å². The Hall–Kier alpha value is -1.65. The number of nitrogens with zero attached hydrogens (tertiary/aromatic N) is 2. The van der Waals surface area contributed by atoms with Gasteiger partial charge in [-0.25, -0.2) is 0 Å². The summed E-state index contributed by atoms with van der Waals surface area (Å²) in [6.45, 7) is 0. The summed E-state index contributed by atoms with van der Waals surface area (Å²) in [6.07, 6.45) is -0.0265. The highest BCUT2D eigenvalue weighted by molar-refractivity contribution is 5.63. The Morgan fingerprint density at radius 1 is 1.20 bits per heavy atom. The Labute approximate surface area is 87.4 Å². The van der Waals surface area contributed by atoms with Crippen molar-refractivity contribution < 1.29 is 10.2 Å². The third-order valence-electron chi connectivity index (χ3n) is 2.29. The zero-order valence-electron chi connectivity index (χ0n) is 8.33. The summed E-state index contributed by atoms with van der Waals surface area (Å²) in [6, 6.07) is 9.52. The molecular formula is C11H12N2O2. The van der Waals surface area contributed by atoms with Gasteiger partial charge in [0.15, 0.2) is 6.29 Å². The average molecular weight is 204 g/mol. The highest BCUT2D eigenvalue weighted by Gasteiger charge is 2.15. The van der Waals surface area contributed by atoms with E-state index >= 15 is 0 Å². The smallest absolute Gasteiger partial charge is 0.182 e. The monoisotopic (exact) mass is 204 g/mol. The van der Waals surface area contributed by atoms with Crippen LogP contribution in [0.3, 0.4) is 0 Å². The van der Waals surface area contributed by atoms with Gasteiger partial charge in [0.05, 0.1) is 17.5 Å². The molecule has 0 saturated heterocycles. The molecule has 0 spiro atoms. The first-order chi connectivity index (χ1) is 7.20. The maximum absolute atomic E-state index is 9.18. The predicted molar refractivity (Wildman–Crippen MR) is 55.8 cm³/mol. The molecule has 4 nitrogen and oxygen atoms in total. The van der Waals surface area contributed by atoms with E-state index in [4.69, 9.17) is 0 Å². The van der Waals surface area contributed by atoms with Gasteiger partial charge in [0.2, 0.25) is 0 Å². The molecule has 1 heterocycles. The molecule has 2 N–H and O–H groups in total. The number of rotatable bonds is 2. The average Bonchev–Trinajstić information content (AvgIpc) is 2.61.